The third-order valence-electron chi connectivity index (χ3n) is 4.71. The van der Waals surface area contributed by atoms with Crippen LogP contribution < -0.4 is 10.1 Å². The third kappa shape index (κ3) is 2.21. The van der Waals surface area contributed by atoms with Gasteiger partial charge in [0, 0.05) is 23.5 Å². The van der Waals surface area contributed by atoms with Crippen LogP contribution >= 0.6 is 0 Å². The Morgan fingerprint density at radius 1 is 1.25 bits per heavy atom. The zero-order valence-electron chi connectivity index (χ0n) is 12.4. The maximum Gasteiger partial charge on any atom is 0.133 e. The molecule has 0 aliphatic heterocycles. The van der Waals surface area contributed by atoms with Crippen LogP contribution in [0, 0.1) is 11.3 Å². The van der Waals surface area contributed by atoms with Crippen molar-refractivity contribution in [2.75, 3.05) is 19.0 Å². The minimum Gasteiger partial charge on any atom is -0.496 e. The van der Waals surface area contributed by atoms with E-state index >= 15 is 0 Å². The summed E-state index contributed by atoms with van der Waals surface area (Å²) in [5, 5.41) is 5.80. The highest BCUT2D eigenvalue weighted by Gasteiger charge is 2.45. The fourth-order valence-corrected chi connectivity index (χ4v) is 2.88. The van der Waals surface area contributed by atoms with E-state index in [1.165, 1.54) is 12.8 Å². The molecule has 1 aromatic heterocycles. The van der Waals surface area contributed by atoms with Gasteiger partial charge in [-0.05, 0) is 36.3 Å². The zero-order valence-corrected chi connectivity index (χ0v) is 12.4. The third-order valence-corrected chi connectivity index (χ3v) is 4.71. The lowest BCUT2D eigenvalue weighted by Gasteiger charge is -2.21. The van der Waals surface area contributed by atoms with Crippen molar-refractivity contribution in [2.24, 2.45) is 11.3 Å². The maximum absolute atomic E-state index is 5.42. The van der Waals surface area contributed by atoms with Gasteiger partial charge in [0.1, 0.15) is 11.6 Å². The number of rotatable bonds is 5. The highest BCUT2D eigenvalue weighted by Crippen LogP contribution is 2.51. The van der Waals surface area contributed by atoms with Crippen molar-refractivity contribution in [1.82, 2.24) is 4.98 Å². The predicted molar refractivity (Wildman–Crippen MR) is 83.3 cm³/mol. The summed E-state index contributed by atoms with van der Waals surface area (Å²) in [5.74, 6) is 2.59. The molecular formula is C17H22N2O. The molecule has 0 radical (unpaired) electrons. The Balaban J connectivity index is 1.89. The lowest BCUT2D eigenvalue weighted by atomic mass is 9.92. The molecule has 2 aromatic rings. The van der Waals surface area contributed by atoms with Crippen molar-refractivity contribution in [3.63, 3.8) is 0 Å². The van der Waals surface area contributed by atoms with Gasteiger partial charge in [-0.1, -0.05) is 26.0 Å². The van der Waals surface area contributed by atoms with E-state index in [1.54, 1.807) is 7.11 Å². The Hall–Kier alpha value is -1.77. The molecule has 0 amide bonds. The van der Waals surface area contributed by atoms with E-state index < -0.39 is 0 Å². The molecule has 1 saturated carbocycles. The summed E-state index contributed by atoms with van der Waals surface area (Å²) in [5.41, 5.74) is 0.475. The van der Waals surface area contributed by atoms with Crippen LogP contribution in [0.15, 0.2) is 30.5 Å². The molecule has 0 saturated heterocycles. The minimum absolute atomic E-state index is 0.475. The number of fused-ring (bicyclic) bond motifs is 1. The number of pyridine rings is 1. The second-order valence-corrected chi connectivity index (χ2v) is 6.09. The largest absolute Gasteiger partial charge is 0.496 e. The van der Waals surface area contributed by atoms with Gasteiger partial charge in [-0.25, -0.2) is 4.98 Å². The molecule has 1 aromatic carbocycles. The summed E-state index contributed by atoms with van der Waals surface area (Å²) < 4.78 is 5.42. The number of anilines is 1. The average molecular weight is 270 g/mol. The first-order valence-corrected chi connectivity index (χ1v) is 7.32. The molecule has 1 heterocycles. The molecule has 3 heteroatoms. The van der Waals surface area contributed by atoms with E-state index in [0.717, 1.165) is 34.8 Å². The fraction of sp³-hybridized carbons (Fsp3) is 0.471. The molecule has 0 spiro atoms. The fourth-order valence-electron chi connectivity index (χ4n) is 2.88. The SMILES string of the molecule is COc1cccc2c(NCC3(C(C)C)CC3)nccc12. The Morgan fingerprint density at radius 3 is 2.70 bits per heavy atom. The predicted octanol–water partition coefficient (Wildman–Crippen LogP) is 4.09. The molecule has 1 N–H and O–H groups in total. The van der Waals surface area contributed by atoms with Crippen LogP contribution in [0.3, 0.4) is 0 Å². The molecule has 3 rings (SSSR count). The van der Waals surface area contributed by atoms with Gasteiger partial charge in [0.25, 0.3) is 0 Å². The quantitative estimate of drug-likeness (QED) is 0.888. The van der Waals surface area contributed by atoms with Crippen molar-refractivity contribution >= 4 is 16.6 Å². The zero-order chi connectivity index (χ0) is 14.2. The maximum atomic E-state index is 5.42. The van der Waals surface area contributed by atoms with Crippen LogP contribution in [0.5, 0.6) is 5.75 Å². The topological polar surface area (TPSA) is 34.1 Å². The second-order valence-electron chi connectivity index (χ2n) is 6.09. The van der Waals surface area contributed by atoms with Gasteiger partial charge in [0.15, 0.2) is 0 Å². The molecule has 3 nitrogen and oxygen atoms in total. The number of hydrogen-bond donors (Lipinski definition) is 1. The molecule has 1 aliphatic carbocycles. The van der Waals surface area contributed by atoms with E-state index in [1.807, 2.05) is 24.4 Å². The van der Waals surface area contributed by atoms with Gasteiger partial charge in [-0.2, -0.15) is 0 Å². The van der Waals surface area contributed by atoms with E-state index in [9.17, 15) is 0 Å². The van der Waals surface area contributed by atoms with Crippen molar-refractivity contribution in [3.8, 4) is 5.75 Å². The molecule has 106 valence electrons. The first-order valence-electron chi connectivity index (χ1n) is 7.32. The molecule has 20 heavy (non-hydrogen) atoms. The summed E-state index contributed by atoms with van der Waals surface area (Å²) in [6.07, 6.45) is 4.50. The first kappa shape index (κ1) is 13.2. The summed E-state index contributed by atoms with van der Waals surface area (Å²) in [6, 6.07) is 8.11. The summed E-state index contributed by atoms with van der Waals surface area (Å²) >= 11 is 0. The van der Waals surface area contributed by atoms with Crippen LogP contribution in [0.1, 0.15) is 26.7 Å². The van der Waals surface area contributed by atoms with Gasteiger partial charge in [-0.3, -0.25) is 0 Å². The Morgan fingerprint density at radius 2 is 2.05 bits per heavy atom. The van der Waals surface area contributed by atoms with E-state index in [0.29, 0.717) is 5.41 Å². The second kappa shape index (κ2) is 4.97. The van der Waals surface area contributed by atoms with Gasteiger partial charge in [0.05, 0.1) is 7.11 Å². The monoisotopic (exact) mass is 270 g/mol. The molecule has 1 aliphatic rings. The van der Waals surface area contributed by atoms with Crippen molar-refractivity contribution in [2.45, 2.75) is 26.7 Å². The van der Waals surface area contributed by atoms with Crippen LogP contribution in [-0.4, -0.2) is 18.6 Å². The Labute approximate surface area is 120 Å². The number of methoxy groups -OCH3 is 1. The van der Waals surface area contributed by atoms with Crippen LogP contribution in [-0.2, 0) is 0 Å². The number of nitrogens with one attached hydrogen (secondary N) is 1. The van der Waals surface area contributed by atoms with Crippen LogP contribution in [0.2, 0.25) is 0 Å². The van der Waals surface area contributed by atoms with Gasteiger partial charge in [0.2, 0.25) is 0 Å². The molecule has 1 fully saturated rings. The number of hydrogen-bond acceptors (Lipinski definition) is 3. The smallest absolute Gasteiger partial charge is 0.133 e. The van der Waals surface area contributed by atoms with Crippen LogP contribution in [0.25, 0.3) is 10.8 Å². The van der Waals surface area contributed by atoms with Gasteiger partial charge in [-0.15, -0.1) is 0 Å². The summed E-state index contributed by atoms with van der Waals surface area (Å²) in [7, 11) is 1.71. The average Bonchev–Trinajstić information content (AvgIpc) is 3.25. The molecular weight excluding hydrogens is 248 g/mol. The lowest BCUT2D eigenvalue weighted by Crippen LogP contribution is -2.21. The van der Waals surface area contributed by atoms with Crippen molar-refractivity contribution < 1.29 is 4.74 Å². The molecule has 0 atom stereocenters. The number of aromatic nitrogens is 1. The Kier molecular flexibility index (Phi) is 3.28. The molecule has 0 unspecified atom stereocenters. The van der Waals surface area contributed by atoms with Crippen LogP contribution in [0.4, 0.5) is 5.82 Å². The summed E-state index contributed by atoms with van der Waals surface area (Å²) in [6.45, 7) is 5.64. The lowest BCUT2D eigenvalue weighted by molar-refractivity contribution is 0.380. The Bertz CT molecular complexity index is 617. The number of nitrogens with zero attached hydrogens (tertiary/aromatic N) is 1. The highest BCUT2D eigenvalue weighted by molar-refractivity contribution is 5.95. The normalized spacial score (nSPS) is 16.4. The minimum atomic E-state index is 0.475. The van der Waals surface area contributed by atoms with Crippen molar-refractivity contribution in [3.05, 3.63) is 30.5 Å². The highest BCUT2D eigenvalue weighted by atomic mass is 16.5. The standard InChI is InChI=1S/C17H22N2O/c1-12(2)17(8-9-17)11-19-16-14-5-4-6-15(20-3)13(14)7-10-18-16/h4-7,10,12H,8-9,11H2,1-3H3,(H,18,19). The van der Waals surface area contributed by atoms with E-state index in [4.69, 9.17) is 4.74 Å². The van der Waals surface area contributed by atoms with Gasteiger partial charge < -0.3 is 10.1 Å². The number of benzene rings is 1. The van der Waals surface area contributed by atoms with E-state index in [-0.39, 0.29) is 0 Å². The molecule has 0 bridgehead atoms. The number of ether oxygens (including phenoxy) is 1. The van der Waals surface area contributed by atoms with Crippen molar-refractivity contribution in [1.29, 1.82) is 0 Å². The summed E-state index contributed by atoms with van der Waals surface area (Å²) in [4.78, 5) is 4.51. The first-order chi connectivity index (χ1) is 9.66. The van der Waals surface area contributed by atoms with Gasteiger partial charge >= 0.3 is 0 Å². The van der Waals surface area contributed by atoms with E-state index in [2.05, 4.69) is 30.2 Å².